The number of aromatic nitrogens is 2. The van der Waals surface area contributed by atoms with Crippen molar-refractivity contribution in [3.63, 3.8) is 0 Å². The van der Waals surface area contributed by atoms with E-state index in [-0.39, 0.29) is 5.91 Å². The van der Waals surface area contributed by atoms with Crippen LogP contribution in [0.5, 0.6) is 0 Å². The smallest absolute Gasteiger partial charge is 0.289 e. The zero-order chi connectivity index (χ0) is 16.4. The Balaban J connectivity index is 1.47. The third-order valence-electron chi connectivity index (χ3n) is 5.18. The van der Waals surface area contributed by atoms with Gasteiger partial charge in [0.25, 0.3) is 5.91 Å². The summed E-state index contributed by atoms with van der Waals surface area (Å²) >= 11 is 0. The largest absolute Gasteiger partial charge is 0.454 e. The lowest BCUT2D eigenvalue weighted by Gasteiger charge is -2.34. The molecule has 2 aromatic heterocycles. The Hall–Kier alpha value is -2.04. The van der Waals surface area contributed by atoms with Gasteiger partial charge >= 0.3 is 0 Å². The highest BCUT2D eigenvalue weighted by atomic mass is 16.4. The molecule has 0 bridgehead atoms. The minimum Gasteiger partial charge on any atom is -0.454 e. The highest BCUT2D eigenvalue weighted by Crippen LogP contribution is 2.33. The second kappa shape index (κ2) is 6.83. The third-order valence-corrected chi connectivity index (χ3v) is 5.18. The van der Waals surface area contributed by atoms with Crippen molar-refractivity contribution in [3.8, 4) is 0 Å². The van der Waals surface area contributed by atoms with E-state index in [1.54, 1.807) is 10.9 Å². The van der Waals surface area contributed by atoms with Gasteiger partial charge in [-0.15, -0.1) is 0 Å². The van der Waals surface area contributed by atoms with Gasteiger partial charge < -0.3 is 9.32 Å². The van der Waals surface area contributed by atoms with Gasteiger partial charge in [0, 0.05) is 25.0 Å². The standard InChI is InChI=1S/C19H25N3O2/c23-19(18-10-9-17(24-18)14-21-12-4-11-20-21)22(13-15-7-8-15)16-5-2-1-3-6-16/h4,9-12,15-16H,1-3,5-8,13-14H2. The second-order valence-corrected chi connectivity index (χ2v) is 7.16. The Labute approximate surface area is 142 Å². The molecule has 0 radical (unpaired) electrons. The van der Waals surface area contributed by atoms with Crippen LogP contribution in [0.2, 0.25) is 0 Å². The zero-order valence-corrected chi connectivity index (χ0v) is 14.1. The monoisotopic (exact) mass is 327 g/mol. The van der Waals surface area contributed by atoms with Crippen molar-refractivity contribution in [3.05, 3.63) is 42.1 Å². The quantitative estimate of drug-likeness (QED) is 0.812. The first kappa shape index (κ1) is 15.5. The van der Waals surface area contributed by atoms with Crippen LogP contribution < -0.4 is 0 Å². The zero-order valence-electron chi connectivity index (χ0n) is 14.1. The van der Waals surface area contributed by atoms with E-state index in [0.717, 1.165) is 25.1 Å². The minimum atomic E-state index is 0.0699. The summed E-state index contributed by atoms with van der Waals surface area (Å²) in [4.78, 5) is 15.1. The van der Waals surface area contributed by atoms with Crippen LogP contribution in [0.1, 0.15) is 61.3 Å². The maximum atomic E-state index is 13.0. The number of hydrogen-bond acceptors (Lipinski definition) is 3. The minimum absolute atomic E-state index is 0.0699. The van der Waals surface area contributed by atoms with Gasteiger partial charge in [-0.2, -0.15) is 5.10 Å². The number of furan rings is 1. The number of carbonyl (C=O) groups is 1. The first-order valence-corrected chi connectivity index (χ1v) is 9.17. The van der Waals surface area contributed by atoms with E-state index in [0.29, 0.717) is 24.3 Å². The Bertz CT molecular complexity index is 667. The van der Waals surface area contributed by atoms with E-state index in [4.69, 9.17) is 4.42 Å². The predicted octanol–water partition coefficient (Wildman–Crippen LogP) is 3.71. The van der Waals surface area contributed by atoms with Gasteiger partial charge in [0.2, 0.25) is 0 Å². The molecule has 0 aliphatic heterocycles. The maximum absolute atomic E-state index is 13.0. The van der Waals surface area contributed by atoms with E-state index >= 15 is 0 Å². The van der Waals surface area contributed by atoms with Crippen molar-refractivity contribution in [2.24, 2.45) is 5.92 Å². The Morgan fingerprint density at radius 3 is 2.75 bits per heavy atom. The Kier molecular flexibility index (Phi) is 4.41. The topological polar surface area (TPSA) is 51.3 Å². The van der Waals surface area contributed by atoms with Gasteiger partial charge in [0.05, 0.1) is 6.54 Å². The van der Waals surface area contributed by atoms with Crippen molar-refractivity contribution in [2.45, 2.75) is 57.5 Å². The first-order chi connectivity index (χ1) is 11.8. The summed E-state index contributed by atoms with van der Waals surface area (Å²) in [6, 6.07) is 6.00. The molecule has 2 heterocycles. The van der Waals surface area contributed by atoms with Crippen molar-refractivity contribution in [1.29, 1.82) is 0 Å². The lowest BCUT2D eigenvalue weighted by molar-refractivity contribution is 0.0587. The molecule has 4 rings (SSSR count). The molecular formula is C19H25N3O2. The number of nitrogens with zero attached hydrogens (tertiary/aromatic N) is 3. The van der Waals surface area contributed by atoms with Gasteiger partial charge in [-0.3, -0.25) is 9.48 Å². The highest BCUT2D eigenvalue weighted by molar-refractivity contribution is 5.91. The molecule has 1 amide bonds. The van der Waals surface area contributed by atoms with Crippen LogP contribution in [0, 0.1) is 5.92 Å². The normalized spacial score (nSPS) is 18.7. The highest BCUT2D eigenvalue weighted by Gasteiger charge is 2.33. The van der Waals surface area contributed by atoms with Gasteiger partial charge in [-0.1, -0.05) is 19.3 Å². The third kappa shape index (κ3) is 3.55. The van der Waals surface area contributed by atoms with Crippen LogP contribution in [0.15, 0.2) is 35.0 Å². The van der Waals surface area contributed by atoms with E-state index in [2.05, 4.69) is 10.00 Å². The molecule has 128 valence electrons. The summed E-state index contributed by atoms with van der Waals surface area (Å²) in [5.74, 6) is 2.02. The molecule has 0 saturated heterocycles. The van der Waals surface area contributed by atoms with Crippen LogP contribution in [0.25, 0.3) is 0 Å². The molecule has 0 atom stereocenters. The molecule has 2 aliphatic carbocycles. The first-order valence-electron chi connectivity index (χ1n) is 9.17. The Morgan fingerprint density at radius 2 is 2.04 bits per heavy atom. The summed E-state index contributed by atoms with van der Waals surface area (Å²) < 4.78 is 7.64. The molecule has 0 unspecified atom stereocenters. The molecule has 2 aliphatic rings. The fraction of sp³-hybridized carbons (Fsp3) is 0.579. The maximum Gasteiger partial charge on any atom is 0.289 e. The van der Waals surface area contributed by atoms with Gasteiger partial charge in [-0.25, -0.2) is 0 Å². The SMILES string of the molecule is O=C(c1ccc(Cn2cccn2)o1)N(CC1CC1)C1CCCCC1. The number of rotatable bonds is 6. The van der Waals surface area contributed by atoms with Crippen molar-refractivity contribution >= 4 is 5.91 Å². The van der Waals surface area contributed by atoms with Gasteiger partial charge in [-0.05, 0) is 49.8 Å². The van der Waals surface area contributed by atoms with Gasteiger partial charge in [0.1, 0.15) is 5.76 Å². The van der Waals surface area contributed by atoms with Crippen LogP contribution in [-0.2, 0) is 6.54 Å². The number of amides is 1. The molecule has 2 fully saturated rings. The molecule has 24 heavy (non-hydrogen) atoms. The molecular weight excluding hydrogens is 302 g/mol. The van der Waals surface area contributed by atoms with E-state index in [1.165, 1.54) is 32.1 Å². The number of hydrogen-bond donors (Lipinski definition) is 0. The fourth-order valence-electron chi connectivity index (χ4n) is 3.64. The summed E-state index contributed by atoms with van der Waals surface area (Å²) in [5.41, 5.74) is 0. The molecule has 5 heteroatoms. The lowest BCUT2D eigenvalue weighted by atomic mass is 9.93. The molecule has 0 N–H and O–H groups in total. The summed E-state index contributed by atoms with van der Waals surface area (Å²) in [6.45, 7) is 1.46. The van der Waals surface area contributed by atoms with Crippen LogP contribution in [0.4, 0.5) is 0 Å². The van der Waals surface area contributed by atoms with Crippen molar-refractivity contribution in [2.75, 3.05) is 6.54 Å². The molecule has 0 spiro atoms. The summed E-state index contributed by atoms with van der Waals surface area (Å²) in [7, 11) is 0. The van der Waals surface area contributed by atoms with Gasteiger partial charge in [0.15, 0.2) is 5.76 Å². The van der Waals surface area contributed by atoms with E-state index in [9.17, 15) is 4.79 Å². The molecule has 2 saturated carbocycles. The molecule has 2 aromatic rings. The van der Waals surface area contributed by atoms with Crippen LogP contribution >= 0.6 is 0 Å². The Morgan fingerprint density at radius 1 is 1.21 bits per heavy atom. The van der Waals surface area contributed by atoms with Crippen LogP contribution in [-0.4, -0.2) is 33.2 Å². The summed E-state index contributed by atoms with van der Waals surface area (Å²) in [5, 5.41) is 4.18. The average molecular weight is 327 g/mol. The summed E-state index contributed by atoms with van der Waals surface area (Å²) in [6.07, 6.45) is 12.2. The number of carbonyl (C=O) groups excluding carboxylic acids is 1. The molecule has 5 nitrogen and oxygen atoms in total. The average Bonchev–Trinajstić information content (AvgIpc) is 3.08. The van der Waals surface area contributed by atoms with E-state index < -0.39 is 0 Å². The lowest BCUT2D eigenvalue weighted by Crippen LogP contribution is -2.42. The molecule has 0 aromatic carbocycles. The second-order valence-electron chi connectivity index (χ2n) is 7.16. The fourth-order valence-corrected chi connectivity index (χ4v) is 3.64. The van der Waals surface area contributed by atoms with E-state index in [1.807, 2.05) is 24.4 Å². The van der Waals surface area contributed by atoms with Crippen molar-refractivity contribution < 1.29 is 9.21 Å². The van der Waals surface area contributed by atoms with Crippen molar-refractivity contribution in [1.82, 2.24) is 14.7 Å². The predicted molar refractivity (Wildman–Crippen MR) is 90.7 cm³/mol. The van der Waals surface area contributed by atoms with Crippen LogP contribution in [0.3, 0.4) is 0 Å².